The van der Waals surface area contributed by atoms with Crippen molar-refractivity contribution in [2.45, 2.75) is 26.3 Å². The van der Waals surface area contributed by atoms with E-state index in [-0.39, 0.29) is 5.91 Å². The molecule has 0 radical (unpaired) electrons. The topological polar surface area (TPSA) is 57.3 Å². The fourth-order valence-corrected chi connectivity index (χ4v) is 2.24. The van der Waals surface area contributed by atoms with Crippen molar-refractivity contribution >= 4 is 11.7 Å². The van der Waals surface area contributed by atoms with E-state index in [1.54, 1.807) is 6.20 Å². The van der Waals surface area contributed by atoms with E-state index in [1.165, 1.54) is 0 Å². The van der Waals surface area contributed by atoms with Crippen molar-refractivity contribution in [1.82, 2.24) is 15.2 Å². The molecule has 0 bridgehead atoms. The van der Waals surface area contributed by atoms with Gasteiger partial charge in [0.25, 0.3) is 0 Å². The molecule has 1 aromatic heterocycles. The van der Waals surface area contributed by atoms with Gasteiger partial charge in [-0.2, -0.15) is 0 Å². The molecule has 1 aromatic rings. The number of hydrogen-bond acceptors (Lipinski definition) is 4. The minimum absolute atomic E-state index is 0.00352. The number of nitrogens with one attached hydrogen (secondary N) is 2. The standard InChI is InChI=1S/C14H22N4O/c1-11-5-4-6-16-12(11)17-13(19)14(2,3)18-9-7-15-8-10-18/h4-6,15H,7-10H2,1-3H3,(H,16,17,19). The van der Waals surface area contributed by atoms with Crippen LogP contribution in [0.4, 0.5) is 5.82 Å². The second-order valence-electron chi connectivity index (χ2n) is 5.42. The van der Waals surface area contributed by atoms with Crippen LogP contribution in [-0.2, 0) is 4.79 Å². The minimum atomic E-state index is -0.522. The number of rotatable bonds is 3. The summed E-state index contributed by atoms with van der Waals surface area (Å²) in [5, 5.41) is 6.23. The summed E-state index contributed by atoms with van der Waals surface area (Å²) < 4.78 is 0. The highest BCUT2D eigenvalue weighted by Crippen LogP contribution is 2.18. The van der Waals surface area contributed by atoms with Gasteiger partial charge in [0.05, 0.1) is 5.54 Å². The monoisotopic (exact) mass is 262 g/mol. The molecule has 0 aliphatic carbocycles. The molecule has 1 fully saturated rings. The van der Waals surface area contributed by atoms with Crippen molar-refractivity contribution < 1.29 is 4.79 Å². The lowest BCUT2D eigenvalue weighted by Crippen LogP contribution is -2.58. The van der Waals surface area contributed by atoms with Crippen LogP contribution in [0.5, 0.6) is 0 Å². The van der Waals surface area contributed by atoms with Crippen LogP contribution in [0.2, 0.25) is 0 Å². The maximum atomic E-state index is 12.5. The Morgan fingerprint density at radius 3 is 2.74 bits per heavy atom. The Hall–Kier alpha value is -1.46. The van der Waals surface area contributed by atoms with Crippen LogP contribution in [0.25, 0.3) is 0 Å². The van der Waals surface area contributed by atoms with Gasteiger partial charge in [-0.15, -0.1) is 0 Å². The molecule has 0 saturated carbocycles. The van der Waals surface area contributed by atoms with Crippen molar-refractivity contribution in [2.24, 2.45) is 0 Å². The molecule has 1 amide bonds. The Kier molecular flexibility index (Phi) is 4.17. The number of nitrogens with zero attached hydrogens (tertiary/aromatic N) is 2. The summed E-state index contributed by atoms with van der Waals surface area (Å²) in [7, 11) is 0. The summed E-state index contributed by atoms with van der Waals surface area (Å²) in [6.45, 7) is 9.51. The predicted octanol–water partition coefficient (Wildman–Crippen LogP) is 1.01. The molecule has 0 unspecified atom stereocenters. The van der Waals surface area contributed by atoms with E-state index in [0.717, 1.165) is 31.7 Å². The van der Waals surface area contributed by atoms with E-state index >= 15 is 0 Å². The van der Waals surface area contributed by atoms with Crippen molar-refractivity contribution in [3.63, 3.8) is 0 Å². The van der Waals surface area contributed by atoms with E-state index in [4.69, 9.17) is 0 Å². The first-order valence-corrected chi connectivity index (χ1v) is 6.70. The maximum Gasteiger partial charge on any atom is 0.245 e. The highest BCUT2D eigenvalue weighted by atomic mass is 16.2. The number of carbonyl (C=O) groups is 1. The second-order valence-corrected chi connectivity index (χ2v) is 5.42. The third kappa shape index (κ3) is 3.11. The van der Waals surface area contributed by atoms with Crippen LogP contribution in [0, 0.1) is 6.92 Å². The molecule has 1 saturated heterocycles. The molecular weight excluding hydrogens is 240 g/mol. The zero-order valence-corrected chi connectivity index (χ0v) is 11.9. The Balaban J connectivity index is 2.08. The van der Waals surface area contributed by atoms with Gasteiger partial charge in [-0.25, -0.2) is 4.98 Å². The van der Waals surface area contributed by atoms with Crippen molar-refractivity contribution in [1.29, 1.82) is 0 Å². The summed E-state index contributed by atoms with van der Waals surface area (Å²) in [5.41, 5.74) is 0.457. The van der Waals surface area contributed by atoms with Crippen molar-refractivity contribution in [3.8, 4) is 0 Å². The normalized spacial score (nSPS) is 17.2. The molecule has 2 N–H and O–H groups in total. The molecule has 0 aromatic carbocycles. The Labute approximate surface area is 114 Å². The van der Waals surface area contributed by atoms with E-state index in [2.05, 4.69) is 20.5 Å². The molecule has 0 spiro atoms. The van der Waals surface area contributed by atoms with Crippen molar-refractivity contribution in [3.05, 3.63) is 23.9 Å². The quantitative estimate of drug-likeness (QED) is 0.853. The Morgan fingerprint density at radius 2 is 2.11 bits per heavy atom. The Morgan fingerprint density at radius 1 is 1.42 bits per heavy atom. The number of aryl methyl sites for hydroxylation is 1. The van der Waals surface area contributed by atoms with E-state index in [0.29, 0.717) is 5.82 Å². The number of carbonyl (C=O) groups excluding carboxylic acids is 1. The zero-order chi connectivity index (χ0) is 13.9. The first-order chi connectivity index (χ1) is 9.01. The number of piperazine rings is 1. The van der Waals surface area contributed by atoms with Crippen LogP contribution in [0.3, 0.4) is 0 Å². The zero-order valence-electron chi connectivity index (χ0n) is 11.9. The van der Waals surface area contributed by atoms with Crippen LogP contribution >= 0.6 is 0 Å². The Bertz CT molecular complexity index is 453. The van der Waals surface area contributed by atoms with Gasteiger partial charge >= 0.3 is 0 Å². The van der Waals surface area contributed by atoms with E-state index < -0.39 is 5.54 Å². The summed E-state index contributed by atoms with van der Waals surface area (Å²) in [6, 6.07) is 3.81. The van der Waals surface area contributed by atoms with Gasteiger partial charge in [0.1, 0.15) is 5.82 Å². The summed E-state index contributed by atoms with van der Waals surface area (Å²) in [4.78, 5) is 18.9. The van der Waals surface area contributed by atoms with Crippen LogP contribution < -0.4 is 10.6 Å². The fraction of sp³-hybridized carbons (Fsp3) is 0.571. The molecule has 2 rings (SSSR count). The van der Waals surface area contributed by atoms with Crippen molar-refractivity contribution in [2.75, 3.05) is 31.5 Å². The lowest BCUT2D eigenvalue weighted by atomic mass is 10.0. The van der Waals surface area contributed by atoms with Gasteiger partial charge in [0.15, 0.2) is 0 Å². The number of anilines is 1. The first kappa shape index (κ1) is 14.0. The molecule has 19 heavy (non-hydrogen) atoms. The number of hydrogen-bond donors (Lipinski definition) is 2. The van der Waals surface area contributed by atoms with Crippen LogP contribution in [-0.4, -0.2) is 47.5 Å². The SMILES string of the molecule is Cc1cccnc1NC(=O)C(C)(C)N1CCNCC1. The van der Waals surface area contributed by atoms with E-state index in [1.807, 2.05) is 32.9 Å². The largest absolute Gasteiger partial charge is 0.314 e. The van der Waals surface area contributed by atoms with Gasteiger partial charge in [-0.3, -0.25) is 9.69 Å². The third-order valence-electron chi connectivity index (χ3n) is 3.70. The highest BCUT2D eigenvalue weighted by Gasteiger charge is 2.35. The molecule has 0 atom stereocenters. The lowest BCUT2D eigenvalue weighted by Gasteiger charge is -2.39. The number of amides is 1. The van der Waals surface area contributed by atoms with E-state index in [9.17, 15) is 4.79 Å². The molecule has 104 valence electrons. The summed E-state index contributed by atoms with van der Waals surface area (Å²) in [5.74, 6) is 0.645. The molecule has 1 aliphatic rings. The molecule has 1 aliphatic heterocycles. The average Bonchev–Trinajstić information content (AvgIpc) is 2.42. The fourth-order valence-electron chi connectivity index (χ4n) is 2.24. The number of aromatic nitrogens is 1. The molecular formula is C14H22N4O. The average molecular weight is 262 g/mol. The number of pyridine rings is 1. The van der Waals surface area contributed by atoms with Gasteiger partial charge in [-0.1, -0.05) is 6.07 Å². The van der Waals surface area contributed by atoms with Gasteiger partial charge in [-0.05, 0) is 32.4 Å². The maximum absolute atomic E-state index is 12.5. The highest BCUT2D eigenvalue weighted by molar-refractivity contribution is 5.97. The smallest absolute Gasteiger partial charge is 0.245 e. The van der Waals surface area contributed by atoms with Gasteiger partial charge in [0, 0.05) is 32.4 Å². The third-order valence-corrected chi connectivity index (χ3v) is 3.70. The minimum Gasteiger partial charge on any atom is -0.314 e. The van der Waals surface area contributed by atoms with Crippen LogP contribution in [0.1, 0.15) is 19.4 Å². The van der Waals surface area contributed by atoms with Gasteiger partial charge in [0.2, 0.25) is 5.91 Å². The molecule has 5 nitrogen and oxygen atoms in total. The molecule has 5 heteroatoms. The lowest BCUT2D eigenvalue weighted by molar-refractivity contribution is -0.126. The second kappa shape index (κ2) is 5.67. The summed E-state index contributed by atoms with van der Waals surface area (Å²) >= 11 is 0. The van der Waals surface area contributed by atoms with Crippen LogP contribution in [0.15, 0.2) is 18.3 Å². The first-order valence-electron chi connectivity index (χ1n) is 6.70. The predicted molar refractivity (Wildman–Crippen MR) is 76.1 cm³/mol. The summed E-state index contributed by atoms with van der Waals surface area (Å²) in [6.07, 6.45) is 1.69. The molecule has 2 heterocycles. The van der Waals surface area contributed by atoms with Gasteiger partial charge < -0.3 is 10.6 Å².